The topological polar surface area (TPSA) is 58.1 Å². The van der Waals surface area contributed by atoms with Crippen LogP contribution in [-0.2, 0) is 0 Å². The van der Waals surface area contributed by atoms with Crippen molar-refractivity contribution in [2.24, 2.45) is 0 Å². The molecule has 30 heavy (non-hydrogen) atoms. The summed E-state index contributed by atoms with van der Waals surface area (Å²) >= 11 is 0. The number of carbonyl (C=O) groups is 1. The molecule has 5 nitrogen and oxygen atoms in total. The monoisotopic (exact) mass is 410 g/mol. The van der Waals surface area contributed by atoms with Crippen molar-refractivity contribution in [3.63, 3.8) is 0 Å². The van der Waals surface area contributed by atoms with E-state index in [1.807, 2.05) is 11.8 Å². The summed E-state index contributed by atoms with van der Waals surface area (Å²) in [6.07, 6.45) is 5.37. The summed E-state index contributed by atoms with van der Waals surface area (Å²) in [6, 6.07) is 6.96. The molecule has 1 aromatic carbocycles. The van der Waals surface area contributed by atoms with Crippen LogP contribution >= 0.6 is 0 Å². The van der Waals surface area contributed by atoms with Gasteiger partial charge in [-0.05, 0) is 56.9 Å². The van der Waals surface area contributed by atoms with Crippen LogP contribution in [0.5, 0.6) is 0 Å². The number of benzene rings is 1. The highest BCUT2D eigenvalue weighted by Gasteiger charge is 2.29. The van der Waals surface area contributed by atoms with E-state index in [9.17, 15) is 13.6 Å². The summed E-state index contributed by atoms with van der Waals surface area (Å²) in [6.45, 7) is 4.59. The first-order chi connectivity index (χ1) is 14.5. The number of aromatic nitrogens is 2. The van der Waals surface area contributed by atoms with Crippen molar-refractivity contribution in [2.45, 2.75) is 45.6 Å². The third-order valence-corrected chi connectivity index (χ3v) is 5.65. The van der Waals surface area contributed by atoms with Crippen LogP contribution in [0.2, 0.25) is 0 Å². The summed E-state index contributed by atoms with van der Waals surface area (Å²) in [5.74, 6) is -1.33. The number of pyridine rings is 2. The van der Waals surface area contributed by atoms with Crippen LogP contribution in [-0.4, -0.2) is 33.4 Å². The smallest absolute Gasteiger partial charge is 0.257 e. The van der Waals surface area contributed by atoms with Gasteiger partial charge in [0.1, 0.15) is 11.6 Å². The van der Waals surface area contributed by atoms with Gasteiger partial charge in [-0.25, -0.2) is 18.7 Å². The van der Waals surface area contributed by atoms with Gasteiger partial charge >= 0.3 is 0 Å². The van der Waals surface area contributed by atoms with Crippen LogP contribution in [0.4, 0.5) is 20.2 Å². The van der Waals surface area contributed by atoms with E-state index in [0.29, 0.717) is 28.8 Å². The Hall–Kier alpha value is -3.09. The minimum Gasteiger partial charge on any atom is -0.352 e. The molecule has 0 saturated carbocycles. The maximum atomic E-state index is 14.4. The Morgan fingerprint density at radius 1 is 1.23 bits per heavy atom. The first-order valence-electron chi connectivity index (χ1n) is 10.3. The predicted octanol–water partition coefficient (Wildman–Crippen LogP) is 5.36. The van der Waals surface area contributed by atoms with E-state index < -0.39 is 11.6 Å². The van der Waals surface area contributed by atoms with Gasteiger partial charge in [0.05, 0.1) is 16.9 Å². The number of hydrogen-bond donors (Lipinski definition) is 1. The van der Waals surface area contributed by atoms with E-state index in [0.717, 1.165) is 49.6 Å². The highest BCUT2D eigenvalue weighted by molar-refractivity contribution is 6.07. The average molecular weight is 410 g/mol. The number of fused-ring (bicyclic) bond motifs is 1. The van der Waals surface area contributed by atoms with E-state index >= 15 is 0 Å². The molecule has 0 bridgehead atoms. The van der Waals surface area contributed by atoms with E-state index in [4.69, 9.17) is 0 Å². The van der Waals surface area contributed by atoms with E-state index in [-0.39, 0.29) is 17.6 Å². The molecule has 1 amide bonds. The lowest BCUT2D eigenvalue weighted by Gasteiger charge is -2.35. The maximum Gasteiger partial charge on any atom is 0.257 e. The van der Waals surface area contributed by atoms with Crippen LogP contribution in [0.25, 0.3) is 11.0 Å². The zero-order chi connectivity index (χ0) is 21.3. The summed E-state index contributed by atoms with van der Waals surface area (Å²) in [5, 5.41) is 3.54. The van der Waals surface area contributed by atoms with Gasteiger partial charge in [0.2, 0.25) is 0 Å². The zero-order valence-electron chi connectivity index (χ0n) is 17.1. The molecular formula is C23H24F2N4O. The summed E-state index contributed by atoms with van der Waals surface area (Å²) in [5.41, 5.74) is 1.90. The predicted molar refractivity (Wildman–Crippen MR) is 113 cm³/mol. The molecule has 0 radical (unpaired) electrons. The molecular weight excluding hydrogens is 386 g/mol. The number of likely N-dealkylation sites (tertiary alicyclic amines) is 1. The zero-order valence-corrected chi connectivity index (χ0v) is 17.1. The molecule has 4 rings (SSSR count). The number of carbonyl (C=O) groups excluding carboxylic acids is 1. The van der Waals surface area contributed by atoms with Crippen molar-refractivity contribution in [1.82, 2.24) is 14.9 Å². The largest absolute Gasteiger partial charge is 0.352 e. The van der Waals surface area contributed by atoms with Crippen LogP contribution in [0.15, 0.2) is 36.5 Å². The molecule has 0 spiro atoms. The quantitative estimate of drug-likeness (QED) is 0.629. The number of piperidine rings is 1. The number of halogens is 2. The van der Waals surface area contributed by atoms with E-state index in [1.165, 1.54) is 6.20 Å². The summed E-state index contributed by atoms with van der Waals surface area (Å²) in [7, 11) is 0. The number of rotatable bonds is 4. The number of nitrogens with one attached hydrogen (secondary N) is 1. The maximum absolute atomic E-state index is 14.4. The highest BCUT2D eigenvalue weighted by Crippen LogP contribution is 2.32. The van der Waals surface area contributed by atoms with Crippen molar-refractivity contribution in [1.29, 1.82) is 0 Å². The molecule has 1 fully saturated rings. The Kier molecular flexibility index (Phi) is 5.61. The standard InChI is InChI=1S/C23H24F2N4O/c1-3-16-6-4-5-11-29(16)23(30)18-13-26-22-17(9-7-14(2)27-22)21(18)28-20-12-15(24)8-10-19(20)25/h7-10,12-13,16H,3-6,11H2,1-2H3,(H,26,27,28). The lowest BCUT2D eigenvalue weighted by Crippen LogP contribution is -2.43. The lowest BCUT2D eigenvalue weighted by molar-refractivity contribution is 0.0609. The fraction of sp³-hybridized carbons (Fsp3) is 0.348. The third kappa shape index (κ3) is 3.84. The lowest BCUT2D eigenvalue weighted by atomic mass is 9.98. The molecule has 1 N–H and O–H groups in total. The number of anilines is 2. The normalized spacial score (nSPS) is 16.7. The van der Waals surface area contributed by atoms with Crippen molar-refractivity contribution in [3.8, 4) is 0 Å². The van der Waals surface area contributed by atoms with Crippen molar-refractivity contribution in [2.75, 3.05) is 11.9 Å². The van der Waals surface area contributed by atoms with Gasteiger partial charge in [-0.15, -0.1) is 0 Å². The van der Waals surface area contributed by atoms with Crippen LogP contribution in [0.1, 0.15) is 48.7 Å². The summed E-state index contributed by atoms with van der Waals surface area (Å²) < 4.78 is 28.1. The highest BCUT2D eigenvalue weighted by atomic mass is 19.1. The van der Waals surface area contributed by atoms with Crippen LogP contribution in [0, 0.1) is 18.6 Å². The molecule has 1 aliphatic heterocycles. The second-order valence-corrected chi connectivity index (χ2v) is 7.68. The first-order valence-corrected chi connectivity index (χ1v) is 10.3. The van der Waals surface area contributed by atoms with Crippen LogP contribution in [0.3, 0.4) is 0 Å². The molecule has 1 aliphatic rings. The van der Waals surface area contributed by atoms with Crippen molar-refractivity contribution < 1.29 is 13.6 Å². The second kappa shape index (κ2) is 8.34. The molecule has 3 aromatic rings. The fourth-order valence-electron chi connectivity index (χ4n) is 4.04. The van der Waals surface area contributed by atoms with Gasteiger partial charge in [-0.3, -0.25) is 4.79 Å². The minimum absolute atomic E-state index is 0.0391. The Labute approximate surface area is 174 Å². The molecule has 2 aromatic heterocycles. The number of amides is 1. The van der Waals surface area contributed by atoms with E-state index in [1.54, 1.807) is 12.1 Å². The Balaban J connectivity index is 1.84. The molecule has 7 heteroatoms. The number of aryl methyl sites for hydroxylation is 1. The summed E-state index contributed by atoms with van der Waals surface area (Å²) in [4.78, 5) is 24.2. The van der Waals surface area contributed by atoms with E-state index in [2.05, 4.69) is 22.2 Å². The molecule has 3 heterocycles. The molecule has 0 aliphatic carbocycles. The molecule has 1 unspecified atom stereocenters. The van der Waals surface area contributed by atoms with Crippen molar-refractivity contribution in [3.05, 3.63) is 59.4 Å². The molecule has 1 saturated heterocycles. The Morgan fingerprint density at radius 3 is 2.87 bits per heavy atom. The molecule has 156 valence electrons. The second-order valence-electron chi connectivity index (χ2n) is 7.68. The Bertz CT molecular complexity index is 1100. The van der Waals surface area contributed by atoms with Gasteiger partial charge in [0.25, 0.3) is 5.91 Å². The SMILES string of the molecule is CCC1CCCCN1C(=O)c1cnc2nc(C)ccc2c1Nc1cc(F)ccc1F. The number of hydrogen-bond acceptors (Lipinski definition) is 4. The van der Waals surface area contributed by atoms with Gasteiger partial charge in [-0.2, -0.15) is 0 Å². The van der Waals surface area contributed by atoms with Gasteiger partial charge in [-0.1, -0.05) is 6.92 Å². The molecule has 1 atom stereocenters. The first kappa shape index (κ1) is 20.2. The van der Waals surface area contributed by atoms with Crippen molar-refractivity contribution >= 4 is 28.3 Å². The minimum atomic E-state index is -0.607. The number of nitrogens with zero attached hydrogens (tertiary/aromatic N) is 3. The Morgan fingerprint density at radius 2 is 2.07 bits per heavy atom. The fourth-order valence-corrected chi connectivity index (χ4v) is 4.04. The van der Waals surface area contributed by atoms with Crippen LogP contribution < -0.4 is 5.32 Å². The van der Waals surface area contributed by atoms with Gasteiger partial charge < -0.3 is 10.2 Å². The van der Waals surface area contributed by atoms with Gasteiger partial charge in [0.15, 0.2) is 5.65 Å². The average Bonchev–Trinajstić information content (AvgIpc) is 2.75. The van der Waals surface area contributed by atoms with Gasteiger partial charge in [0, 0.05) is 35.9 Å². The third-order valence-electron chi connectivity index (χ3n) is 5.65.